The number of fused-ring (bicyclic) bond motifs is 1. The predicted octanol–water partition coefficient (Wildman–Crippen LogP) is 0.131. The van der Waals surface area contributed by atoms with Crippen molar-refractivity contribution in [2.24, 2.45) is 0 Å². The summed E-state index contributed by atoms with van der Waals surface area (Å²) in [7, 11) is 0. The minimum Gasteiger partial charge on any atom is -0.447 e. The minimum atomic E-state index is -0.270. The van der Waals surface area contributed by atoms with Gasteiger partial charge >= 0.3 is 12.1 Å². The van der Waals surface area contributed by atoms with Gasteiger partial charge in [0.2, 0.25) is 0 Å². The standard InChI is InChI=1S/C14H22N6O3/c1-10-16-11(2)20(17-10)5-3-4-15-13(21)18-6-7-19-12(8-18)9-23-14(19)22/h12H,3-9H2,1-2H3,(H,15,21). The Morgan fingerprint density at radius 2 is 2.22 bits per heavy atom. The molecule has 1 N–H and O–H groups in total. The fourth-order valence-corrected chi connectivity index (χ4v) is 2.98. The molecule has 3 heterocycles. The van der Waals surface area contributed by atoms with Crippen molar-refractivity contribution in [2.75, 3.05) is 32.8 Å². The van der Waals surface area contributed by atoms with Crippen molar-refractivity contribution in [3.8, 4) is 0 Å². The van der Waals surface area contributed by atoms with Crippen molar-refractivity contribution in [2.45, 2.75) is 32.9 Å². The fraction of sp³-hybridized carbons (Fsp3) is 0.714. The van der Waals surface area contributed by atoms with Crippen LogP contribution in [0.25, 0.3) is 0 Å². The maximum Gasteiger partial charge on any atom is 0.410 e. The lowest BCUT2D eigenvalue weighted by atomic mass is 10.2. The van der Waals surface area contributed by atoms with Gasteiger partial charge in [0.1, 0.15) is 18.3 Å². The maximum absolute atomic E-state index is 12.2. The van der Waals surface area contributed by atoms with E-state index in [2.05, 4.69) is 15.4 Å². The van der Waals surface area contributed by atoms with Gasteiger partial charge < -0.3 is 15.0 Å². The van der Waals surface area contributed by atoms with E-state index in [-0.39, 0.29) is 18.2 Å². The second-order valence-corrected chi connectivity index (χ2v) is 5.89. The summed E-state index contributed by atoms with van der Waals surface area (Å²) in [6, 6.07) is -0.0988. The largest absolute Gasteiger partial charge is 0.447 e. The van der Waals surface area contributed by atoms with Gasteiger partial charge in [-0.2, -0.15) is 5.10 Å². The average molecular weight is 322 g/mol. The Labute approximate surface area is 134 Å². The number of ether oxygens (including phenoxy) is 1. The van der Waals surface area contributed by atoms with E-state index >= 15 is 0 Å². The molecule has 1 aromatic rings. The summed E-state index contributed by atoms with van der Waals surface area (Å²) >= 11 is 0. The molecule has 2 aliphatic heterocycles. The summed E-state index contributed by atoms with van der Waals surface area (Å²) in [4.78, 5) is 31.3. The third-order valence-corrected chi connectivity index (χ3v) is 4.19. The number of hydrogen-bond acceptors (Lipinski definition) is 5. The van der Waals surface area contributed by atoms with Crippen LogP contribution in [0.4, 0.5) is 9.59 Å². The smallest absolute Gasteiger partial charge is 0.410 e. The molecule has 9 nitrogen and oxygen atoms in total. The highest BCUT2D eigenvalue weighted by molar-refractivity contribution is 5.75. The van der Waals surface area contributed by atoms with Crippen LogP contribution >= 0.6 is 0 Å². The van der Waals surface area contributed by atoms with Gasteiger partial charge in [0.05, 0.1) is 6.04 Å². The van der Waals surface area contributed by atoms with Gasteiger partial charge in [-0.05, 0) is 20.3 Å². The first kappa shape index (κ1) is 15.6. The molecule has 3 rings (SSSR count). The quantitative estimate of drug-likeness (QED) is 0.796. The van der Waals surface area contributed by atoms with Crippen LogP contribution in [-0.2, 0) is 11.3 Å². The number of aryl methyl sites for hydroxylation is 3. The number of piperazine rings is 1. The van der Waals surface area contributed by atoms with Gasteiger partial charge in [-0.1, -0.05) is 0 Å². The van der Waals surface area contributed by atoms with Crippen LogP contribution in [0.2, 0.25) is 0 Å². The second kappa shape index (κ2) is 6.43. The molecule has 2 fully saturated rings. The molecule has 1 unspecified atom stereocenters. The van der Waals surface area contributed by atoms with Gasteiger partial charge in [-0.3, -0.25) is 9.58 Å². The van der Waals surface area contributed by atoms with Crippen LogP contribution in [0.1, 0.15) is 18.1 Å². The van der Waals surface area contributed by atoms with Crippen molar-refractivity contribution in [1.29, 1.82) is 0 Å². The van der Waals surface area contributed by atoms with E-state index in [1.54, 1.807) is 9.80 Å². The first-order valence-electron chi connectivity index (χ1n) is 7.89. The molecule has 126 valence electrons. The summed E-state index contributed by atoms with van der Waals surface area (Å²) in [6.45, 7) is 7.06. The molecular weight excluding hydrogens is 300 g/mol. The van der Waals surface area contributed by atoms with Crippen molar-refractivity contribution < 1.29 is 14.3 Å². The number of nitrogens with zero attached hydrogens (tertiary/aromatic N) is 5. The highest BCUT2D eigenvalue weighted by Crippen LogP contribution is 2.17. The van der Waals surface area contributed by atoms with E-state index in [9.17, 15) is 9.59 Å². The Balaban J connectivity index is 1.40. The van der Waals surface area contributed by atoms with Gasteiger partial charge in [0, 0.05) is 32.7 Å². The molecule has 1 atom stereocenters. The van der Waals surface area contributed by atoms with Crippen LogP contribution in [-0.4, -0.2) is 75.5 Å². The van der Waals surface area contributed by atoms with Crippen LogP contribution in [0.5, 0.6) is 0 Å². The van der Waals surface area contributed by atoms with Crippen molar-refractivity contribution in [1.82, 2.24) is 29.9 Å². The zero-order chi connectivity index (χ0) is 16.4. The van der Waals surface area contributed by atoms with Gasteiger partial charge in [0.25, 0.3) is 0 Å². The minimum absolute atomic E-state index is 0.0113. The number of aromatic nitrogens is 3. The van der Waals surface area contributed by atoms with Gasteiger partial charge in [-0.25, -0.2) is 14.6 Å². The third-order valence-electron chi connectivity index (χ3n) is 4.19. The number of nitrogens with one attached hydrogen (secondary N) is 1. The lowest BCUT2D eigenvalue weighted by Crippen LogP contribution is -2.56. The molecule has 1 aromatic heterocycles. The van der Waals surface area contributed by atoms with Gasteiger partial charge in [0.15, 0.2) is 0 Å². The summed E-state index contributed by atoms with van der Waals surface area (Å²) in [5.41, 5.74) is 0. The van der Waals surface area contributed by atoms with E-state index in [1.807, 2.05) is 18.5 Å². The maximum atomic E-state index is 12.2. The Morgan fingerprint density at radius 1 is 1.39 bits per heavy atom. The number of rotatable bonds is 4. The first-order chi connectivity index (χ1) is 11.0. The number of hydrogen-bond donors (Lipinski definition) is 1. The topological polar surface area (TPSA) is 92.6 Å². The SMILES string of the molecule is Cc1nc(C)n(CCCNC(=O)N2CCN3C(=O)OCC3C2)n1. The monoisotopic (exact) mass is 322 g/mol. The van der Waals surface area contributed by atoms with Crippen molar-refractivity contribution in [3.05, 3.63) is 11.6 Å². The Bertz CT molecular complexity index is 601. The zero-order valence-electron chi connectivity index (χ0n) is 13.5. The number of amides is 3. The fourth-order valence-electron chi connectivity index (χ4n) is 2.98. The predicted molar refractivity (Wildman–Crippen MR) is 80.9 cm³/mol. The summed E-state index contributed by atoms with van der Waals surface area (Å²) < 4.78 is 6.85. The lowest BCUT2D eigenvalue weighted by molar-refractivity contribution is 0.127. The molecule has 0 saturated carbocycles. The van der Waals surface area contributed by atoms with E-state index in [1.165, 1.54) is 0 Å². The van der Waals surface area contributed by atoms with Crippen LogP contribution < -0.4 is 5.32 Å². The summed E-state index contributed by atoms with van der Waals surface area (Å²) in [6.07, 6.45) is 0.522. The molecule has 0 bridgehead atoms. The Kier molecular flexibility index (Phi) is 4.35. The molecular formula is C14H22N6O3. The Hall–Kier alpha value is -2.32. The lowest BCUT2D eigenvalue weighted by Gasteiger charge is -2.35. The average Bonchev–Trinajstić information content (AvgIpc) is 3.05. The van der Waals surface area contributed by atoms with Crippen LogP contribution in [0.15, 0.2) is 0 Å². The summed E-state index contributed by atoms with van der Waals surface area (Å²) in [5.74, 6) is 1.65. The van der Waals surface area contributed by atoms with E-state index in [0.29, 0.717) is 32.8 Å². The summed E-state index contributed by atoms with van der Waals surface area (Å²) in [5, 5.41) is 7.21. The molecule has 0 spiro atoms. The van der Waals surface area contributed by atoms with Crippen LogP contribution in [0.3, 0.4) is 0 Å². The molecule has 0 aliphatic carbocycles. The molecule has 2 saturated heterocycles. The van der Waals surface area contributed by atoms with Crippen molar-refractivity contribution in [3.63, 3.8) is 0 Å². The highest BCUT2D eigenvalue weighted by Gasteiger charge is 2.38. The van der Waals surface area contributed by atoms with E-state index < -0.39 is 0 Å². The van der Waals surface area contributed by atoms with Crippen LogP contribution in [0, 0.1) is 13.8 Å². The zero-order valence-corrected chi connectivity index (χ0v) is 13.5. The van der Waals surface area contributed by atoms with Crippen molar-refractivity contribution >= 4 is 12.1 Å². The molecule has 2 aliphatic rings. The number of urea groups is 1. The third kappa shape index (κ3) is 3.38. The van der Waals surface area contributed by atoms with E-state index in [4.69, 9.17) is 4.74 Å². The molecule has 3 amide bonds. The number of carbonyl (C=O) groups is 2. The molecule has 0 aromatic carbocycles. The second-order valence-electron chi connectivity index (χ2n) is 5.89. The number of carbonyl (C=O) groups excluding carboxylic acids is 2. The molecule has 9 heteroatoms. The molecule has 0 radical (unpaired) electrons. The first-order valence-corrected chi connectivity index (χ1v) is 7.89. The van der Waals surface area contributed by atoms with Gasteiger partial charge in [-0.15, -0.1) is 0 Å². The van der Waals surface area contributed by atoms with E-state index in [0.717, 1.165) is 24.6 Å². The number of cyclic esters (lactones) is 1. The normalized spacial score (nSPS) is 20.4. The highest BCUT2D eigenvalue weighted by atomic mass is 16.6. The molecule has 23 heavy (non-hydrogen) atoms. The Morgan fingerprint density at radius 3 is 2.96 bits per heavy atom.